The number of sulfonamides is 1. The Morgan fingerprint density at radius 3 is 2.61 bits per heavy atom. The lowest BCUT2D eigenvalue weighted by molar-refractivity contribution is 0.454. The zero-order valence-electron chi connectivity index (χ0n) is 16.4. The molecule has 0 aliphatic carbocycles. The monoisotopic (exact) mass is 399 g/mol. The first-order chi connectivity index (χ1) is 13.4. The van der Waals surface area contributed by atoms with E-state index in [-0.39, 0.29) is 4.90 Å². The molecule has 0 amide bonds. The van der Waals surface area contributed by atoms with Crippen LogP contribution in [0.4, 0.5) is 0 Å². The van der Waals surface area contributed by atoms with Gasteiger partial charge >= 0.3 is 0 Å². The lowest BCUT2D eigenvalue weighted by Crippen LogP contribution is -2.29. The highest BCUT2D eigenvalue weighted by Gasteiger charge is 2.20. The Morgan fingerprint density at radius 1 is 1.21 bits per heavy atom. The third-order valence-electron chi connectivity index (χ3n) is 5.33. The zero-order valence-corrected chi connectivity index (χ0v) is 17.2. The number of nitrogens with one attached hydrogen (secondary N) is 1. The number of aromatic nitrogens is 3. The van der Waals surface area contributed by atoms with Crippen molar-refractivity contribution in [2.45, 2.75) is 30.6 Å². The Bertz CT molecular complexity index is 1100. The number of nitrogens with zero attached hydrogens (tertiary/aromatic N) is 4. The average Bonchev–Trinajstić information content (AvgIpc) is 3.13. The maximum atomic E-state index is 12.3. The summed E-state index contributed by atoms with van der Waals surface area (Å²) in [4.78, 5) is 5.20. The SMILES string of the molecule is Cc1cc(C2CCCNC2)nc2c(-c3ccc(S(=O)(=O)N(C)C)cc3)cnn12. The van der Waals surface area contributed by atoms with Crippen LogP contribution in [0.3, 0.4) is 0 Å². The first-order valence-corrected chi connectivity index (χ1v) is 10.9. The lowest BCUT2D eigenvalue weighted by Gasteiger charge is -2.22. The summed E-state index contributed by atoms with van der Waals surface area (Å²) in [5.41, 5.74) is 4.75. The molecule has 1 aromatic carbocycles. The van der Waals surface area contributed by atoms with Gasteiger partial charge in [-0.3, -0.25) is 0 Å². The summed E-state index contributed by atoms with van der Waals surface area (Å²) in [7, 11) is -0.382. The number of hydrogen-bond donors (Lipinski definition) is 1. The van der Waals surface area contributed by atoms with Crippen molar-refractivity contribution in [3.05, 3.63) is 47.9 Å². The summed E-state index contributed by atoms with van der Waals surface area (Å²) in [5, 5.41) is 7.94. The predicted octanol–water partition coefficient (Wildman–Crippen LogP) is 2.42. The van der Waals surface area contributed by atoms with Crippen molar-refractivity contribution in [3.8, 4) is 11.1 Å². The van der Waals surface area contributed by atoms with Crippen molar-refractivity contribution in [1.29, 1.82) is 0 Å². The fourth-order valence-electron chi connectivity index (χ4n) is 3.67. The molecule has 1 N–H and O–H groups in total. The molecule has 7 nitrogen and oxygen atoms in total. The van der Waals surface area contributed by atoms with Crippen LogP contribution < -0.4 is 5.32 Å². The molecule has 1 fully saturated rings. The minimum absolute atomic E-state index is 0.274. The minimum atomic E-state index is -3.44. The topological polar surface area (TPSA) is 79.6 Å². The van der Waals surface area contributed by atoms with Crippen molar-refractivity contribution >= 4 is 15.7 Å². The van der Waals surface area contributed by atoms with E-state index in [1.165, 1.54) is 18.4 Å². The second kappa shape index (κ2) is 7.27. The number of fused-ring (bicyclic) bond motifs is 1. The molecule has 3 heterocycles. The highest BCUT2D eigenvalue weighted by atomic mass is 32.2. The van der Waals surface area contributed by atoms with E-state index in [1.807, 2.05) is 23.6 Å². The molecule has 1 aliphatic heterocycles. The molecule has 0 bridgehead atoms. The van der Waals surface area contributed by atoms with Crippen LogP contribution in [-0.4, -0.2) is 54.5 Å². The second-order valence-corrected chi connectivity index (χ2v) is 9.62. The Hall–Kier alpha value is -2.29. The molecule has 0 spiro atoms. The molecule has 2 aromatic heterocycles. The van der Waals surface area contributed by atoms with Crippen LogP contribution in [0.5, 0.6) is 0 Å². The number of piperidine rings is 1. The summed E-state index contributed by atoms with van der Waals surface area (Å²) in [6.45, 7) is 4.05. The van der Waals surface area contributed by atoms with Crippen molar-refractivity contribution < 1.29 is 8.42 Å². The van der Waals surface area contributed by atoms with E-state index in [4.69, 9.17) is 4.98 Å². The average molecular weight is 400 g/mol. The predicted molar refractivity (Wildman–Crippen MR) is 109 cm³/mol. The highest BCUT2D eigenvalue weighted by Crippen LogP contribution is 2.29. The van der Waals surface area contributed by atoms with E-state index < -0.39 is 10.0 Å². The smallest absolute Gasteiger partial charge is 0.242 e. The summed E-state index contributed by atoms with van der Waals surface area (Å²) < 4.78 is 27.7. The van der Waals surface area contributed by atoms with Gasteiger partial charge in [-0.2, -0.15) is 5.10 Å². The Morgan fingerprint density at radius 2 is 1.96 bits per heavy atom. The first kappa shape index (κ1) is 19.0. The normalized spacial score (nSPS) is 18.1. The molecule has 1 saturated heterocycles. The molecule has 1 atom stereocenters. The van der Waals surface area contributed by atoms with Crippen LogP contribution in [-0.2, 0) is 10.0 Å². The lowest BCUT2D eigenvalue weighted by atomic mass is 9.95. The highest BCUT2D eigenvalue weighted by molar-refractivity contribution is 7.89. The number of hydrogen-bond acceptors (Lipinski definition) is 5. The Balaban J connectivity index is 1.75. The summed E-state index contributed by atoms with van der Waals surface area (Å²) in [6, 6.07) is 9.03. The van der Waals surface area contributed by atoms with E-state index in [9.17, 15) is 8.42 Å². The van der Waals surface area contributed by atoms with Gasteiger partial charge in [0.25, 0.3) is 0 Å². The third-order valence-corrected chi connectivity index (χ3v) is 7.16. The number of rotatable bonds is 4. The molecule has 0 saturated carbocycles. The van der Waals surface area contributed by atoms with Gasteiger partial charge in [0.1, 0.15) is 0 Å². The van der Waals surface area contributed by atoms with Crippen LogP contribution in [0.25, 0.3) is 16.8 Å². The number of benzene rings is 1. The molecule has 148 valence electrons. The van der Waals surface area contributed by atoms with Crippen molar-refractivity contribution in [2.24, 2.45) is 0 Å². The van der Waals surface area contributed by atoms with Gasteiger partial charge in [0.2, 0.25) is 10.0 Å². The van der Waals surface area contributed by atoms with E-state index in [1.54, 1.807) is 18.3 Å². The van der Waals surface area contributed by atoms with E-state index in [0.717, 1.165) is 54.1 Å². The Kier molecular flexibility index (Phi) is 4.95. The molecule has 4 rings (SSSR count). The zero-order chi connectivity index (χ0) is 19.9. The molecule has 1 aliphatic rings. The summed E-state index contributed by atoms with van der Waals surface area (Å²) in [6.07, 6.45) is 4.09. The van der Waals surface area contributed by atoms with E-state index >= 15 is 0 Å². The standard InChI is InChI=1S/C20H25N5O2S/c1-14-11-19(16-5-4-10-21-12-16)23-20-18(13-22-25(14)20)15-6-8-17(9-7-15)28(26,27)24(2)3/h6-9,11,13,16,21H,4-5,10,12H2,1-3H3. The largest absolute Gasteiger partial charge is 0.316 e. The molecular weight excluding hydrogens is 374 g/mol. The van der Waals surface area contributed by atoms with Gasteiger partial charge in [-0.1, -0.05) is 12.1 Å². The van der Waals surface area contributed by atoms with Gasteiger partial charge in [0, 0.05) is 43.5 Å². The van der Waals surface area contributed by atoms with Gasteiger partial charge in [-0.05, 0) is 50.1 Å². The molecule has 3 aromatic rings. The van der Waals surface area contributed by atoms with Crippen LogP contribution in [0.2, 0.25) is 0 Å². The van der Waals surface area contributed by atoms with E-state index in [2.05, 4.69) is 16.5 Å². The first-order valence-electron chi connectivity index (χ1n) is 9.47. The fraction of sp³-hybridized carbons (Fsp3) is 0.400. The van der Waals surface area contributed by atoms with Crippen molar-refractivity contribution in [2.75, 3.05) is 27.2 Å². The van der Waals surface area contributed by atoms with Gasteiger partial charge < -0.3 is 5.32 Å². The molecule has 1 unspecified atom stereocenters. The van der Waals surface area contributed by atoms with E-state index in [0.29, 0.717) is 5.92 Å². The fourth-order valence-corrected chi connectivity index (χ4v) is 4.57. The van der Waals surface area contributed by atoms with Gasteiger partial charge in [-0.15, -0.1) is 0 Å². The quantitative estimate of drug-likeness (QED) is 0.729. The number of aryl methyl sites for hydroxylation is 1. The van der Waals surface area contributed by atoms with Gasteiger partial charge in [-0.25, -0.2) is 22.2 Å². The molecule has 8 heteroatoms. The minimum Gasteiger partial charge on any atom is -0.316 e. The summed E-state index contributed by atoms with van der Waals surface area (Å²) >= 11 is 0. The van der Waals surface area contributed by atoms with Crippen LogP contribution in [0.1, 0.15) is 30.1 Å². The van der Waals surface area contributed by atoms with Crippen molar-refractivity contribution in [3.63, 3.8) is 0 Å². The third kappa shape index (κ3) is 3.32. The van der Waals surface area contributed by atoms with Crippen LogP contribution >= 0.6 is 0 Å². The van der Waals surface area contributed by atoms with Gasteiger partial charge in [0.15, 0.2) is 5.65 Å². The molecule has 28 heavy (non-hydrogen) atoms. The van der Waals surface area contributed by atoms with Crippen LogP contribution in [0, 0.1) is 6.92 Å². The maximum absolute atomic E-state index is 12.3. The maximum Gasteiger partial charge on any atom is 0.242 e. The summed E-state index contributed by atoms with van der Waals surface area (Å²) in [5.74, 6) is 0.410. The molecular formula is C20H25N5O2S. The van der Waals surface area contributed by atoms with Gasteiger partial charge in [0.05, 0.1) is 11.1 Å². The van der Waals surface area contributed by atoms with Crippen molar-refractivity contribution in [1.82, 2.24) is 24.2 Å². The van der Waals surface area contributed by atoms with Crippen LogP contribution in [0.15, 0.2) is 41.4 Å². The molecule has 0 radical (unpaired) electrons. The Labute approximate surface area is 165 Å². The second-order valence-electron chi connectivity index (χ2n) is 7.47.